The summed E-state index contributed by atoms with van der Waals surface area (Å²) in [4.78, 5) is 13.8. The summed E-state index contributed by atoms with van der Waals surface area (Å²) in [5.74, 6) is 0.169. The van der Waals surface area contributed by atoms with Gasteiger partial charge in [0, 0.05) is 24.7 Å². The molecule has 1 heterocycles. The van der Waals surface area contributed by atoms with Crippen LogP contribution in [0.25, 0.3) is 0 Å². The number of nitrogens with two attached hydrogens (primary N) is 1. The van der Waals surface area contributed by atoms with Gasteiger partial charge in [0.25, 0.3) is 0 Å². The third kappa shape index (κ3) is 3.19. The van der Waals surface area contributed by atoms with Crippen molar-refractivity contribution in [2.24, 2.45) is 5.73 Å². The van der Waals surface area contributed by atoms with E-state index in [9.17, 15) is 4.79 Å². The number of rotatable bonds is 3. The van der Waals surface area contributed by atoms with Crippen LogP contribution in [0.5, 0.6) is 0 Å². The molecule has 0 spiro atoms. The molecule has 2 aliphatic rings. The monoisotopic (exact) mass is 225 g/mol. The van der Waals surface area contributed by atoms with Gasteiger partial charge in [-0.05, 0) is 19.8 Å². The molecule has 2 fully saturated rings. The van der Waals surface area contributed by atoms with E-state index in [0.717, 1.165) is 25.9 Å². The van der Waals surface area contributed by atoms with Gasteiger partial charge in [-0.2, -0.15) is 0 Å². The molecule has 4 nitrogen and oxygen atoms in total. The molecule has 1 saturated heterocycles. The molecule has 2 rings (SSSR count). The van der Waals surface area contributed by atoms with E-state index in [-0.39, 0.29) is 11.4 Å². The first-order chi connectivity index (χ1) is 7.55. The number of amides is 1. The summed E-state index contributed by atoms with van der Waals surface area (Å²) < 4.78 is 0. The highest BCUT2D eigenvalue weighted by molar-refractivity contribution is 5.78. The zero-order valence-corrected chi connectivity index (χ0v) is 10.2. The lowest BCUT2D eigenvalue weighted by molar-refractivity contribution is -0.124. The molecular weight excluding hydrogens is 202 g/mol. The smallest absolute Gasteiger partial charge is 0.234 e. The summed E-state index contributed by atoms with van der Waals surface area (Å²) in [7, 11) is 0. The van der Waals surface area contributed by atoms with Crippen molar-refractivity contribution in [1.29, 1.82) is 0 Å². The molecule has 3 N–H and O–H groups in total. The minimum absolute atomic E-state index is 0.0783. The number of nitrogens with one attached hydrogen (secondary N) is 1. The van der Waals surface area contributed by atoms with Crippen molar-refractivity contribution < 1.29 is 4.79 Å². The van der Waals surface area contributed by atoms with Gasteiger partial charge in [-0.3, -0.25) is 9.69 Å². The van der Waals surface area contributed by atoms with Crippen molar-refractivity contribution in [3.63, 3.8) is 0 Å². The van der Waals surface area contributed by atoms with Crippen LogP contribution in [0.4, 0.5) is 0 Å². The van der Waals surface area contributed by atoms with Crippen LogP contribution >= 0.6 is 0 Å². The Labute approximate surface area is 97.6 Å². The molecule has 1 aliphatic heterocycles. The first-order valence-electron chi connectivity index (χ1n) is 6.36. The van der Waals surface area contributed by atoms with Crippen molar-refractivity contribution in [3.05, 3.63) is 0 Å². The van der Waals surface area contributed by atoms with E-state index in [4.69, 9.17) is 5.73 Å². The maximum absolute atomic E-state index is 11.7. The molecule has 0 aromatic carbocycles. The Bertz CT molecular complexity index is 251. The molecule has 0 unspecified atom stereocenters. The van der Waals surface area contributed by atoms with Crippen LogP contribution in [-0.2, 0) is 4.79 Å². The number of nitrogens with zero attached hydrogens (tertiary/aromatic N) is 1. The van der Waals surface area contributed by atoms with Gasteiger partial charge in [-0.1, -0.05) is 19.3 Å². The zero-order valence-electron chi connectivity index (χ0n) is 10.2. The van der Waals surface area contributed by atoms with Crippen LogP contribution in [0.15, 0.2) is 0 Å². The Balaban J connectivity index is 1.65. The van der Waals surface area contributed by atoms with Gasteiger partial charge in [0.05, 0.1) is 6.54 Å². The van der Waals surface area contributed by atoms with Crippen LogP contribution in [0.1, 0.15) is 39.0 Å². The second-order valence-electron chi connectivity index (χ2n) is 5.70. The van der Waals surface area contributed by atoms with E-state index in [1.54, 1.807) is 0 Å². The first kappa shape index (κ1) is 11.9. The third-order valence-corrected chi connectivity index (χ3v) is 3.51. The maximum atomic E-state index is 11.7. The molecule has 92 valence electrons. The van der Waals surface area contributed by atoms with Crippen LogP contribution in [0.3, 0.4) is 0 Å². The number of hydrogen-bond acceptors (Lipinski definition) is 3. The standard InChI is InChI=1S/C12H23N3O/c1-12(13)8-15(9-12)7-11(16)14-10-5-3-2-4-6-10/h10H,2-9,13H2,1H3,(H,14,16). The molecule has 16 heavy (non-hydrogen) atoms. The van der Waals surface area contributed by atoms with Crippen molar-refractivity contribution >= 4 is 5.91 Å². The van der Waals surface area contributed by atoms with Crippen molar-refractivity contribution in [2.45, 2.75) is 50.6 Å². The summed E-state index contributed by atoms with van der Waals surface area (Å²) in [6.45, 7) is 4.22. The SMILES string of the molecule is CC1(N)CN(CC(=O)NC2CCCCC2)C1. The summed E-state index contributed by atoms with van der Waals surface area (Å²) >= 11 is 0. The van der Waals surface area contributed by atoms with Gasteiger partial charge < -0.3 is 11.1 Å². The molecule has 0 aromatic rings. The van der Waals surface area contributed by atoms with Crippen molar-refractivity contribution in [1.82, 2.24) is 10.2 Å². The summed E-state index contributed by atoms with van der Waals surface area (Å²) in [5.41, 5.74) is 5.82. The minimum Gasteiger partial charge on any atom is -0.352 e. The molecule has 0 aromatic heterocycles. The van der Waals surface area contributed by atoms with Crippen LogP contribution in [0.2, 0.25) is 0 Å². The lowest BCUT2D eigenvalue weighted by Crippen LogP contribution is -2.66. The average molecular weight is 225 g/mol. The highest BCUT2D eigenvalue weighted by Crippen LogP contribution is 2.18. The molecular formula is C12H23N3O. The van der Waals surface area contributed by atoms with Crippen LogP contribution in [-0.4, -0.2) is 42.0 Å². The fraction of sp³-hybridized carbons (Fsp3) is 0.917. The van der Waals surface area contributed by atoms with Gasteiger partial charge in [-0.15, -0.1) is 0 Å². The van der Waals surface area contributed by atoms with Crippen LogP contribution in [0, 0.1) is 0 Å². The molecule has 1 aliphatic carbocycles. The lowest BCUT2D eigenvalue weighted by Gasteiger charge is -2.45. The lowest BCUT2D eigenvalue weighted by atomic mass is 9.93. The second-order valence-corrected chi connectivity index (χ2v) is 5.70. The maximum Gasteiger partial charge on any atom is 0.234 e. The normalized spacial score (nSPS) is 26.1. The van der Waals surface area contributed by atoms with E-state index in [1.165, 1.54) is 19.3 Å². The summed E-state index contributed by atoms with van der Waals surface area (Å²) in [6, 6.07) is 0.423. The van der Waals surface area contributed by atoms with Crippen LogP contribution < -0.4 is 11.1 Å². The Kier molecular flexibility index (Phi) is 3.50. The highest BCUT2D eigenvalue weighted by Gasteiger charge is 2.35. The van der Waals surface area contributed by atoms with Gasteiger partial charge >= 0.3 is 0 Å². The predicted molar refractivity (Wildman–Crippen MR) is 64.0 cm³/mol. The Morgan fingerprint density at radius 2 is 2.00 bits per heavy atom. The Hall–Kier alpha value is -0.610. The Morgan fingerprint density at radius 3 is 2.56 bits per heavy atom. The van der Waals surface area contributed by atoms with E-state index < -0.39 is 0 Å². The van der Waals surface area contributed by atoms with Gasteiger partial charge in [-0.25, -0.2) is 0 Å². The van der Waals surface area contributed by atoms with E-state index in [1.807, 2.05) is 6.92 Å². The van der Waals surface area contributed by atoms with E-state index in [0.29, 0.717) is 12.6 Å². The number of carbonyl (C=O) groups is 1. The summed E-state index contributed by atoms with van der Waals surface area (Å²) in [5, 5.41) is 3.12. The first-order valence-corrected chi connectivity index (χ1v) is 6.36. The number of carbonyl (C=O) groups excluding carboxylic acids is 1. The number of hydrogen-bond donors (Lipinski definition) is 2. The van der Waals surface area contributed by atoms with Gasteiger partial charge in [0.15, 0.2) is 0 Å². The molecule has 1 amide bonds. The second kappa shape index (κ2) is 4.72. The summed E-state index contributed by atoms with van der Waals surface area (Å²) in [6.07, 6.45) is 6.15. The average Bonchev–Trinajstić information content (AvgIpc) is 2.16. The fourth-order valence-corrected chi connectivity index (χ4v) is 2.81. The van der Waals surface area contributed by atoms with Crippen molar-refractivity contribution in [2.75, 3.05) is 19.6 Å². The molecule has 0 bridgehead atoms. The van der Waals surface area contributed by atoms with Gasteiger partial charge in [0.2, 0.25) is 5.91 Å². The number of likely N-dealkylation sites (tertiary alicyclic amines) is 1. The molecule has 0 atom stereocenters. The minimum atomic E-state index is -0.0783. The predicted octanol–water partition coefficient (Wildman–Crippen LogP) is 0.468. The third-order valence-electron chi connectivity index (χ3n) is 3.51. The van der Waals surface area contributed by atoms with Gasteiger partial charge in [0.1, 0.15) is 0 Å². The van der Waals surface area contributed by atoms with E-state index >= 15 is 0 Å². The van der Waals surface area contributed by atoms with E-state index in [2.05, 4.69) is 10.2 Å². The fourth-order valence-electron chi connectivity index (χ4n) is 2.81. The molecule has 0 radical (unpaired) electrons. The largest absolute Gasteiger partial charge is 0.352 e. The Morgan fingerprint density at radius 1 is 1.38 bits per heavy atom. The topological polar surface area (TPSA) is 58.4 Å². The highest BCUT2D eigenvalue weighted by atomic mass is 16.2. The molecule has 1 saturated carbocycles. The quantitative estimate of drug-likeness (QED) is 0.734. The zero-order chi connectivity index (χ0) is 11.6. The molecule has 4 heteroatoms. The van der Waals surface area contributed by atoms with Crippen molar-refractivity contribution in [3.8, 4) is 0 Å².